The zero-order valence-corrected chi connectivity index (χ0v) is 12.7. The highest BCUT2D eigenvalue weighted by atomic mass is 14.9. The van der Waals surface area contributed by atoms with E-state index in [2.05, 4.69) is 62.5 Å². The van der Waals surface area contributed by atoms with E-state index in [1.165, 1.54) is 46.2 Å². The molecule has 2 aromatic carbocycles. The SMILES string of the molecule is Cc1ccc(CNC2CC2)cc1-c1cccc(C)c1C. The highest BCUT2D eigenvalue weighted by Crippen LogP contribution is 2.29. The minimum atomic E-state index is 0.764. The quantitative estimate of drug-likeness (QED) is 0.856. The number of hydrogen-bond donors (Lipinski definition) is 1. The van der Waals surface area contributed by atoms with Crippen molar-refractivity contribution < 1.29 is 0 Å². The maximum atomic E-state index is 3.60. The molecule has 0 saturated heterocycles. The molecule has 104 valence electrons. The first-order valence-corrected chi connectivity index (χ1v) is 7.54. The predicted octanol–water partition coefficient (Wildman–Crippen LogP) is 4.53. The zero-order chi connectivity index (χ0) is 14.1. The first-order chi connectivity index (χ1) is 9.65. The average Bonchev–Trinajstić information content (AvgIpc) is 3.25. The molecule has 0 heterocycles. The van der Waals surface area contributed by atoms with E-state index in [0.717, 1.165) is 12.6 Å². The summed E-state index contributed by atoms with van der Waals surface area (Å²) in [4.78, 5) is 0. The fourth-order valence-corrected chi connectivity index (χ4v) is 2.66. The lowest BCUT2D eigenvalue weighted by Crippen LogP contribution is -2.15. The van der Waals surface area contributed by atoms with Gasteiger partial charge in [-0.1, -0.05) is 30.3 Å². The van der Waals surface area contributed by atoms with Crippen LogP contribution in [0.25, 0.3) is 11.1 Å². The Bertz CT molecular complexity index is 624. The van der Waals surface area contributed by atoms with E-state index < -0.39 is 0 Å². The second-order valence-electron chi connectivity index (χ2n) is 6.05. The van der Waals surface area contributed by atoms with E-state index in [1.54, 1.807) is 0 Å². The average molecular weight is 265 g/mol. The largest absolute Gasteiger partial charge is 0.310 e. The summed E-state index contributed by atoms with van der Waals surface area (Å²) in [7, 11) is 0. The van der Waals surface area contributed by atoms with Crippen LogP contribution in [0.5, 0.6) is 0 Å². The highest BCUT2D eigenvalue weighted by molar-refractivity contribution is 5.72. The molecule has 1 fully saturated rings. The van der Waals surface area contributed by atoms with Crippen LogP contribution in [0.2, 0.25) is 0 Å². The third kappa shape index (κ3) is 2.78. The van der Waals surface area contributed by atoms with Crippen LogP contribution in [-0.2, 0) is 6.54 Å². The zero-order valence-electron chi connectivity index (χ0n) is 12.7. The second-order valence-corrected chi connectivity index (χ2v) is 6.05. The van der Waals surface area contributed by atoms with E-state index in [-0.39, 0.29) is 0 Å². The standard InChI is InChI=1S/C19H23N/c1-13-5-4-6-18(15(13)3)19-11-16(8-7-14(19)2)12-20-17-9-10-17/h4-8,11,17,20H,9-10,12H2,1-3H3. The normalized spacial score (nSPS) is 14.6. The van der Waals surface area contributed by atoms with Gasteiger partial charge in [0.25, 0.3) is 0 Å². The van der Waals surface area contributed by atoms with Crippen molar-refractivity contribution in [1.29, 1.82) is 0 Å². The van der Waals surface area contributed by atoms with Gasteiger partial charge in [-0.2, -0.15) is 0 Å². The Balaban J connectivity index is 1.94. The van der Waals surface area contributed by atoms with Crippen LogP contribution in [0.15, 0.2) is 36.4 Å². The molecule has 1 aliphatic rings. The van der Waals surface area contributed by atoms with E-state index >= 15 is 0 Å². The maximum absolute atomic E-state index is 3.60. The Labute approximate surface area is 122 Å². The smallest absolute Gasteiger partial charge is 0.0208 e. The summed E-state index contributed by atoms with van der Waals surface area (Å²) >= 11 is 0. The molecule has 0 spiro atoms. The van der Waals surface area contributed by atoms with Crippen molar-refractivity contribution in [2.24, 2.45) is 0 Å². The molecule has 0 bridgehead atoms. The predicted molar refractivity (Wildman–Crippen MR) is 86.0 cm³/mol. The lowest BCUT2D eigenvalue weighted by molar-refractivity contribution is 0.688. The molecule has 0 atom stereocenters. The van der Waals surface area contributed by atoms with Crippen molar-refractivity contribution in [2.75, 3.05) is 0 Å². The molecule has 1 saturated carbocycles. The topological polar surface area (TPSA) is 12.0 Å². The van der Waals surface area contributed by atoms with Crippen LogP contribution in [0.1, 0.15) is 35.1 Å². The van der Waals surface area contributed by atoms with Gasteiger partial charge in [-0.05, 0) is 73.1 Å². The number of aryl methyl sites for hydroxylation is 2. The molecule has 3 rings (SSSR count). The molecule has 1 heteroatoms. The van der Waals surface area contributed by atoms with Gasteiger partial charge in [0.2, 0.25) is 0 Å². The number of nitrogens with one attached hydrogen (secondary N) is 1. The van der Waals surface area contributed by atoms with E-state index in [1.807, 2.05) is 0 Å². The summed E-state index contributed by atoms with van der Waals surface area (Å²) in [5.74, 6) is 0. The number of benzene rings is 2. The minimum absolute atomic E-state index is 0.764. The second kappa shape index (κ2) is 5.41. The third-order valence-corrected chi connectivity index (χ3v) is 4.37. The van der Waals surface area contributed by atoms with Crippen LogP contribution in [-0.4, -0.2) is 6.04 Å². The molecule has 0 amide bonds. The minimum Gasteiger partial charge on any atom is -0.310 e. The Morgan fingerprint density at radius 1 is 0.950 bits per heavy atom. The Morgan fingerprint density at radius 2 is 1.75 bits per heavy atom. The van der Waals surface area contributed by atoms with Crippen LogP contribution < -0.4 is 5.32 Å². The Morgan fingerprint density at radius 3 is 2.50 bits per heavy atom. The summed E-state index contributed by atoms with van der Waals surface area (Å²) in [5.41, 5.74) is 8.25. The summed E-state index contributed by atoms with van der Waals surface area (Å²) < 4.78 is 0. The van der Waals surface area contributed by atoms with E-state index in [9.17, 15) is 0 Å². The third-order valence-electron chi connectivity index (χ3n) is 4.37. The van der Waals surface area contributed by atoms with Gasteiger partial charge < -0.3 is 5.32 Å². The lowest BCUT2D eigenvalue weighted by Gasteiger charge is -2.13. The molecule has 0 aliphatic heterocycles. The molecule has 0 unspecified atom stereocenters. The van der Waals surface area contributed by atoms with Crippen molar-refractivity contribution in [3.05, 3.63) is 58.7 Å². The molecule has 1 N–H and O–H groups in total. The number of rotatable bonds is 4. The van der Waals surface area contributed by atoms with Gasteiger partial charge in [-0.3, -0.25) is 0 Å². The highest BCUT2D eigenvalue weighted by Gasteiger charge is 2.20. The molecule has 0 aromatic heterocycles. The van der Waals surface area contributed by atoms with Crippen LogP contribution in [0.4, 0.5) is 0 Å². The lowest BCUT2D eigenvalue weighted by atomic mass is 9.93. The monoisotopic (exact) mass is 265 g/mol. The van der Waals surface area contributed by atoms with Gasteiger partial charge in [-0.25, -0.2) is 0 Å². The molecular weight excluding hydrogens is 242 g/mol. The first kappa shape index (κ1) is 13.4. The molecule has 1 aliphatic carbocycles. The fourth-order valence-electron chi connectivity index (χ4n) is 2.66. The van der Waals surface area contributed by atoms with E-state index in [4.69, 9.17) is 0 Å². The van der Waals surface area contributed by atoms with Gasteiger partial charge in [0.15, 0.2) is 0 Å². The van der Waals surface area contributed by atoms with Crippen molar-refractivity contribution in [1.82, 2.24) is 5.32 Å². The van der Waals surface area contributed by atoms with Gasteiger partial charge in [-0.15, -0.1) is 0 Å². The van der Waals surface area contributed by atoms with Crippen molar-refractivity contribution in [3.63, 3.8) is 0 Å². The van der Waals surface area contributed by atoms with Crippen LogP contribution >= 0.6 is 0 Å². The molecule has 2 aromatic rings. The van der Waals surface area contributed by atoms with Crippen molar-refractivity contribution in [2.45, 2.75) is 46.2 Å². The Kier molecular flexibility index (Phi) is 3.62. The molecular formula is C19H23N. The van der Waals surface area contributed by atoms with Gasteiger partial charge >= 0.3 is 0 Å². The van der Waals surface area contributed by atoms with Gasteiger partial charge in [0, 0.05) is 12.6 Å². The maximum Gasteiger partial charge on any atom is 0.0208 e. The van der Waals surface area contributed by atoms with Gasteiger partial charge in [0.1, 0.15) is 0 Å². The van der Waals surface area contributed by atoms with Crippen LogP contribution in [0, 0.1) is 20.8 Å². The fraction of sp³-hybridized carbons (Fsp3) is 0.368. The molecule has 1 nitrogen and oxygen atoms in total. The summed E-state index contributed by atoms with van der Waals surface area (Å²) in [6.07, 6.45) is 2.69. The molecule has 0 radical (unpaired) electrons. The van der Waals surface area contributed by atoms with Gasteiger partial charge in [0.05, 0.1) is 0 Å². The summed E-state index contributed by atoms with van der Waals surface area (Å²) in [6.45, 7) is 7.60. The van der Waals surface area contributed by atoms with Crippen LogP contribution in [0.3, 0.4) is 0 Å². The van der Waals surface area contributed by atoms with Crippen molar-refractivity contribution in [3.8, 4) is 11.1 Å². The van der Waals surface area contributed by atoms with Crippen molar-refractivity contribution >= 4 is 0 Å². The number of hydrogen-bond acceptors (Lipinski definition) is 1. The first-order valence-electron chi connectivity index (χ1n) is 7.54. The molecule has 20 heavy (non-hydrogen) atoms. The van der Waals surface area contributed by atoms with E-state index in [0.29, 0.717) is 0 Å². The Hall–Kier alpha value is -1.60. The summed E-state index contributed by atoms with van der Waals surface area (Å²) in [5, 5.41) is 3.60. The summed E-state index contributed by atoms with van der Waals surface area (Å²) in [6, 6.07) is 14.2.